The summed E-state index contributed by atoms with van der Waals surface area (Å²) in [6, 6.07) is 33.0. The minimum Gasteiger partial charge on any atom is -0.453 e. The van der Waals surface area contributed by atoms with Gasteiger partial charge in [-0.25, -0.2) is 0 Å². The number of aryl methyl sites for hydroxylation is 4. The molecule has 2 nitrogen and oxygen atoms in total. The summed E-state index contributed by atoms with van der Waals surface area (Å²) in [6.45, 7) is 6.55. The molecular weight excluding hydrogens is 438 g/mol. The molecule has 0 spiro atoms. The van der Waals surface area contributed by atoms with Gasteiger partial charge in [-0.05, 0) is 92.7 Å². The van der Waals surface area contributed by atoms with Crippen molar-refractivity contribution in [2.75, 3.05) is 0 Å². The largest absolute Gasteiger partial charge is 0.453 e. The van der Waals surface area contributed by atoms with Crippen molar-refractivity contribution in [3.63, 3.8) is 0 Å². The Morgan fingerprint density at radius 3 is 1.58 bits per heavy atom. The summed E-state index contributed by atoms with van der Waals surface area (Å²) in [5, 5.41) is 10.0. The second-order valence-corrected chi connectivity index (χ2v) is 10.00. The number of hydrogen-bond donors (Lipinski definition) is 0. The summed E-state index contributed by atoms with van der Waals surface area (Å²) < 4.78 is 8.98. The Kier molecular flexibility index (Phi) is 4.44. The monoisotopic (exact) mass is 465 g/mol. The highest BCUT2D eigenvalue weighted by Crippen LogP contribution is 2.40. The quantitative estimate of drug-likeness (QED) is 0.204. The van der Waals surface area contributed by atoms with Gasteiger partial charge in [-0.3, -0.25) is 0 Å². The first-order valence-corrected chi connectivity index (χ1v) is 12.5. The van der Waals surface area contributed by atoms with Gasteiger partial charge in [-0.1, -0.05) is 78.9 Å². The van der Waals surface area contributed by atoms with Crippen LogP contribution in [-0.4, -0.2) is 4.57 Å². The van der Waals surface area contributed by atoms with Crippen LogP contribution in [0.1, 0.15) is 16.7 Å². The average molecular weight is 466 g/mol. The van der Waals surface area contributed by atoms with E-state index in [9.17, 15) is 0 Å². The maximum absolute atomic E-state index is 6.66. The highest BCUT2D eigenvalue weighted by molar-refractivity contribution is 6.27. The molecule has 0 fully saturated rings. The molecule has 1 aromatic heterocycles. The molecule has 174 valence electrons. The zero-order chi connectivity index (χ0) is 24.6. The Hall–Kier alpha value is -4.30. The van der Waals surface area contributed by atoms with Gasteiger partial charge >= 0.3 is 0 Å². The van der Waals surface area contributed by atoms with E-state index >= 15 is 0 Å². The van der Waals surface area contributed by atoms with Gasteiger partial charge in [-0.2, -0.15) is 0 Å². The number of hydrogen-bond acceptors (Lipinski definition) is 1. The molecule has 7 rings (SSSR count). The average Bonchev–Trinajstić information content (AvgIpc) is 2.87. The summed E-state index contributed by atoms with van der Waals surface area (Å²) in [7, 11) is 2.17. The van der Waals surface area contributed by atoms with Gasteiger partial charge in [0.2, 0.25) is 0 Å². The predicted octanol–water partition coefficient (Wildman–Crippen LogP) is 9.59. The van der Waals surface area contributed by atoms with E-state index in [1.807, 2.05) is 0 Å². The van der Waals surface area contributed by atoms with Crippen LogP contribution in [-0.2, 0) is 7.05 Å². The first-order valence-electron chi connectivity index (χ1n) is 12.5. The van der Waals surface area contributed by atoms with E-state index in [4.69, 9.17) is 4.42 Å². The number of rotatable bonds is 0. The fourth-order valence-corrected chi connectivity index (χ4v) is 6.33. The van der Waals surface area contributed by atoms with Crippen LogP contribution >= 0.6 is 0 Å². The van der Waals surface area contributed by atoms with Crippen LogP contribution in [0.2, 0.25) is 0 Å². The van der Waals surface area contributed by atoms with E-state index < -0.39 is 0 Å². The highest BCUT2D eigenvalue weighted by atomic mass is 16.3. The van der Waals surface area contributed by atoms with Gasteiger partial charge in [0.1, 0.15) is 0 Å². The van der Waals surface area contributed by atoms with E-state index in [1.165, 1.54) is 59.8 Å². The van der Waals surface area contributed by atoms with Crippen molar-refractivity contribution >= 4 is 65.3 Å². The van der Waals surface area contributed by atoms with E-state index in [0.29, 0.717) is 0 Å². The Morgan fingerprint density at radius 1 is 0.528 bits per heavy atom. The Bertz CT molecular complexity index is 2090. The first-order chi connectivity index (χ1) is 17.5. The van der Waals surface area contributed by atoms with Crippen LogP contribution in [0, 0.1) is 20.8 Å². The molecule has 2 heteroatoms. The highest BCUT2D eigenvalue weighted by Gasteiger charge is 2.16. The summed E-state index contributed by atoms with van der Waals surface area (Å²) in [4.78, 5) is 0. The zero-order valence-electron chi connectivity index (χ0n) is 21.0. The van der Waals surface area contributed by atoms with Crippen LogP contribution in [0.25, 0.3) is 65.3 Å². The van der Waals surface area contributed by atoms with Crippen molar-refractivity contribution in [2.24, 2.45) is 7.05 Å². The Labute approximate surface area is 209 Å². The first kappa shape index (κ1) is 21.0. The van der Waals surface area contributed by atoms with E-state index in [1.54, 1.807) is 0 Å². The number of nitrogens with zero attached hydrogens (tertiary/aromatic N) is 1. The lowest BCUT2D eigenvalue weighted by molar-refractivity contribution is 0.649. The second kappa shape index (κ2) is 7.60. The molecule has 0 aliphatic rings. The maximum Gasteiger partial charge on any atom is 0.152 e. The Balaban J connectivity index is 1.88. The molecule has 0 bridgehead atoms. The summed E-state index contributed by atoms with van der Waals surface area (Å²) >= 11 is 0. The third-order valence-corrected chi connectivity index (χ3v) is 7.73. The van der Waals surface area contributed by atoms with Crippen LogP contribution in [0.5, 0.6) is 0 Å². The summed E-state index contributed by atoms with van der Waals surface area (Å²) in [6.07, 6.45) is 0. The normalized spacial score (nSPS) is 11.9. The predicted molar refractivity (Wildman–Crippen MR) is 155 cm³/mol. The van der Waals surface area contributed by atoms with Gasteiger partial charge in [0.25, 0.3) is 0 Å². The fourth-order valence-electron chi connectivity index (χ4n) is 6.33. The van der Waals surface area contributed by atoms with E-state index in [0.717, 1.165) is 22.2 Å². The fraction of sp³-hybridized carbons (Fsp3) is 0.118. The van der Waals surface area contributed by atoms with Crippen molar-refractivity contribution in [3.8, 4) is 0 Å². The lowest BCUT2D eigenvalue weighted by Crippen LogP contribution is -2.01. The van der Waals surface area contributed by atoms with Gasteiger partial charge < -0.3 is 8.98 Å². The van der Waals surface area contributed by atoms with Crippen LogP contribution in [0.3, 0.4) is 0 Å². The molecular formula is C34H27NO. The molecule has 0 amide bonds. The summed E-state index contributed by atoms with van der Waals surface area (Å²) in [5.41, 5.74) is 7.78. The number of fused-ring (bicyclic) bond motifs is 10. The van der Waals surface area contributed by atoms with Gasteiger partial charge in [0, 0.05) is 7.05 Å². The number of aromatic nitrogens is 1. The van der Waals surface area contributed by atoms with Crippen molar-refractivity contribution < 1.29 is 4.42 Å². The third-order valence-electron chi connectivity index (χ3n) is 7.73. The van der Waals surface area contributed by atoms with Crippen molar-refractivity contribution in [1.82, 2.24) is 4.57 Å². The van der Waals surface area contributed by atoms with Gasteiger partial charge in [0.05, 0.1) is 11.0 Å². The minimum absolute atomic E-state index is 0.910. The lowest BCUT2D eigenvalue weighted by atomic mass is 9.92. The van der Waals surface area contributed by atoms with Gasteiger partial charge in [-0.15, -0.1) is 0 Å². The second-order valence-electron chi connectivity index (χ2n) is 10.00. The summed E-state index contributed by atoms with van der Waals surface area (Å²) in [5.74, 6) is 0. The molecule has 1 heterocycles. The molecule has 0 N–H and O–H groups in total. The Morgan fingerprint density at radius 2 is 1.00 bits per heavy atom. The van der Waals surface area contributed by atoms with Crippen LogP contribution in [0.4, 0.5) is 0 Å². The van der Waals surface area contributed by atoms with Crippen molar-refractivity contribution in [1.29, 1.82) is 0 Å². The molecule has 0 aliphatic carbocycles. The smallest absolute Gasteiger partial charge is 0.152 e. The van der Waals surface area contributed by atoms with Crippen molar-refractivity contribution in [3.05, 3.63) is 108 Å². The molecule has 0 saturated heterocycles. The molecule has 7 aromatic rings. The van der Waals surface area contributed by atoms with Crippen LogP contribution < -0.4 is 0 Å². The molecule has 0 atom stereocenters. The van der Waals surface area contributed by atoms with E-state index in [2.05, 4.69) is 123 Å². The lowest BCUT2D eigenvalue weighted by Gasteiger charge is -2.18. The molecule has 0 aliphatic heterocycles. The van der Waals surface area contributed by atoms with Crippen molar-refractivity contribution in [2.45, 2.75) is 20.8 Å². The third kappa shape index (κ3) is 2.85. The topological polar surface area (TPSA) is 18.1 Å². The molecule has 0 radical (unpaired) electrons. The molecule has 36 heavy (non-hydrogen) atoms. The SMILES string of the molecule is Cc1cc(C)c2c(c1)oc1cc3c4ccccc4c4ccccc4c4ccccc4c3c(C)c1n2C. The molecule has 6 aromatic carbocycles. The van der Waals surface area contributed by atoms with Crippen LogP contribution in [0.15, 0.2) is 95.4 Å². The minimum atomic E-state index is 0.910. The maximum atomic E-state index is 6.66. The van der Waals surface area contributed by atoms with Gasteiger partial charge in [0.15, 0.2) is 11.2 Å². The molecule has 0 unspecified atom stereocenters. The number of benzene rings is 5. The zero-order valence-corrected chi connectivity index (χ0v) is 21.0. The molecule has 0 saturated carbocycles. The van der Waals surface area contributed by atoms with E-state index in [-0.39, 0.29) is 0 Å². The standard InChI is InChI=1S/C34H27NO/c1-20-17-21(2)33-30(18-20)36-31-19-29-27-15-8-7-13-25(27)23-11-5-6-12-24(23)26-14-9-10-16-28(26)32(29)22(3)34(31)35(33)4/h5-19H,1-4H3.